The molecule has 1 amide bonds. The van der Waals surface area contributed by atoms with Crippen molar-refractivity contribution in [3.8, 4) is 6.07 Å². The van der Waals surface area contributed by atoms with Gasteiger partial charge in [-0.15, -0.1) is 0 Å². The molecule has 0 saturated heterocycles. The summed E-state index contributed by atoms with van der Waals surface area (Å²) in [5.41, 5.74) is 0.585. The van der Waals surface area contributed by atoms with Crippen molar-refractivity contribution in [2.24, 2.45) is 0 Å². The van der Waals surface area contributed by atoms with Crippen molar-refractivity contribution < 1.29 is 14.7 Å². The molecule has 0 bridgehead atoms. The molecule has 0 aliphatic heterocycles. The summed E-state index contributed by atoms with van der Waals surface area (Å²) in [6.45, 7) is 2.32. The molecule has 1 aromatic rings. The van der Waals surface area contributed by atoms with Crippen molar-refractivity contribution in [3.05, 3.63) is 29.6 Å². The number of aliphatic carboxylic acids is 1. The number of pyridine rings is 1. The van der Waals surface area contributed by atoms with E-state index in [1.165, 1.54) is 23.2 Å². The Labute approximate surface area is 104 Å². The van der Waals surface area contributed by atoms with Crippen LogP contribution < -0.4 is 0 Å². The van der Waals surface area contributed by atoms with E-state index in [-0.39, 0.29) is 24.6 Å². The lowest BCUT2D eigenvalue weighted by Crippen LogP contribution is -2.33. The first-order valence-electron chi connectivity index (χ1n) is 5.45. The van der Waals surface area contributed by atoms with E-state index in [9.17, 15) is 9.59 Å². The first kappa shape index (κ1) is 13.6. The van der Waals surface area contributed by atoms with Gasteiger partial charge in [0, 0.05) is 19.3 Å². The van der Waals surface area contributed by atoms with Gasteiger partial charge in [-0.2, -0.15) is 5.26 Å². The highest BCUT2D eigenvalue weighted by atomic mass is 16.4. The van der Waals surface area contributed by atoms with Gasteiger partial charge in [-0.05, 0) is 19.1 Å². The molecule has 0 radical (unpaired) electrons. The monoisotopic (exact) mass is 247 g/mol. The third-order valence-corrected chi connectivity index (χ3v) is 2.38. The van der Waals surface area contributed by atoms with Crippen molar-refractivity contribution in [1.29, 1.82) is 5.26 Å². The van der Waals surface area contributed by atoms with Crippen LogP contribution in [-0.4, -0.2) is 40.0 Å². The molecule has 1 aromatic heterocycles. The number of nitriles is 1. The van der Waals surface area contributed by atoms with Crippen LogP contribution >= 0.6 is 0 Å². The predicted octanol–water partition coefficient (Wildman–Crippen LogP) is 0.890. The maximum absolute atomic E-state index is 12.0. The number of amides is 1. The number of carbonyl (C=O) groups is 2. The molecule has 0 aliphatic carbocycles. The first-order valence-corrected chi connectivity index (χ1v) is 5.45. The molecule has 0 unspecified atom stereocenters. The van der Waals surface area contributed by atoms with E-state index < -0.39 is 5.97 Å². The number of hydrogen-bond donors (Lipinski definition) is 1. The van der Waals surface area contributed by atoms with Crippen LogP contribution in [0.4, 0.5) is 0 Å². The standard InChI is InChI=1S/C12H13N3O3/c1-2-15(6-5-11(16)17)12(18)10-4-3-9(7-13)8-14-10/h3-4,8H,2,5-6H2,1H3,(H,16,17). The van der Waals surface area contributed by atoms with Gasteiger partial charge in [0.2, 0.25) is 0 Å². The van der Waals surface area contributed by atoms with Gasteiger partial charge in [0.15, 0.2) is 0 Å². The number of nitrogens with zero attached hydrogens (tertiary/aromatic N) is 3. The second kappa shape index (κ2) is 6.35. The van der Waals surface area contributed by atoms with E-state index >= 15 is 0 Å². The molecule has 0 atom stereocenters. The van der Waals surface area contributed by atoms with E-state index in [2.05, 4.69) is 4.98 Å². The fourth-order valence-electron chi connectivity index (χ4n) is 1.38. The Bertz CT molecular complexity index is 476. The SMILES string of the molecule is CCN(CCC(=O)O)C(=O)c1ccc(C#N)cn1. The first-order chi connectivity index (χ1) is 8.58. The van der Waals surface area contributed by atoms with Crippen LogP contribution in [0.2, 0.25) is 0 Å². The van der Waals surface area contributed by atoms with Gasteiger partial charge in [-0.25, -0.2) is 4.98 Å². The van der Waals surface area contributed by atoms with E-state index in [0.29, 0.717) is 12.1 Å². The summed E-state index contributed by atoms with van der Waals surface area (Å²) in [6.07, 6.45) is 1.22. The second-order valence-electron chi connectivity index (χ2n) is 3.57. The van der Waals surface area contributed by atoms with Crippen molar-refractivity contribution in [3.63, 3.8) is 0 Å². The quantitative estimate of drug-likeness (QED) is 0.833. The molecule has 1 N–H and O–H groups in total. The number of carboxylic acids is 1. The minimum Gasteiger partial charge on any atom is -0.481 e. The van der Waals surface area contributed by atoms with Gasteiger partial charge in [-0.3, -0.25) is 9.59 Å². The molecule has 6 heteroatoms. The number of carbonyl (C=O) groups excluding carboxylic acids is 1. The minimum absolute atomic E-state index is 0.101. The van der Waals surface area contributed by atoms with Crippen LogP contribution in [0.3, 0.4) is 0 Å². The lowest BCUT2D eigenvalue weighted by Gasteiger charge is -2.19. The van der Waals surface area contributed by atoms with E-state index in [4.69, 9.17) is 10.4 Å². The highest BCUT2D eigenvalue weighted by Crippen LogP contribution is 2.04. The summed E-state index contributed by atoms with van der Waals surface area (Å²) < 4.78 is 0. The fourth-order valence-corrected chi connectivity index (χ4v) is 1.38. The Morgan fingerprint density at radius 3 is 2.67 bits per heavy atom. The number of hydrogen-bond acceptors (Lipinski definition) is 4. The zero-order chi connectivity index (χ0) is 13.5. The molecule has 0 saturated carbocycles. The third kappa shape index (κ3) is 3.56. The smallest absolute Gasteiger partial charge is 0.305 e. The van der Waals surface area contributed by atoms with Gasteiger partial charge in [0.05, 0.1) is 12.0 Å². The van der Waals surface area contributed by atoms with Gasteiger partial charge in [0.1, 0.15) is 11.8 Å². The fraction of sp³-hybridized carbons (Fsp3) is 0.333. The summed E-state index contributed by atoms with van der Waals surface area (Å²) in [6, 6.07) is 4.88. The van der Waals surface area contributed by atoms with Crippen LogP contribution in [-0.2, 0) is 4.79 Å². The number of carboxylic acid groups (broad SMARTS) is 1. The number of rotatable bonds is 5. The molecule has 6 nitrogen and oxygen atoms in total. The average Bonchev–Trinajstić information content (AvgIpc) is 2.39. The highest BCUT2D eigenvalue weighted by molar-refractivity contribution is 5.92. The normalized spacial score (nSPS) is 9.56. The van der Waals surface area contributed by atoms with Gasteiger partial charge in [-0.1, -0.05) is 0 Å². The zero-order valence-electron chi connectivity index (χ0n) is 9.96. The lowest BCUT2D eigenvalue weighted by atomic mass is 10.2. The Hall–Kier alpha value is -2.42. The molecule has 0 aromatic carbocycles. The van der Waals surface area contributed by atoms with Crippen molar-refractivity contribution in [1.82, 2.24) is 9.88 Å². The van der Waals surface area contributed by atoms with E-state index in [1.54, 1.807) is 6.92 Å². The molecular weight excluding hydrogens is 234 g/mol. The molecule has 1 heterocycles. The van der Waals surface area contributed by atoms with Crippen LogP contribution in [0.25, 0.3) is 0 Å². The minimum atomic E-state index is -0.950. The third-order valence-electron chi connectivity index (χ3n) is 2.38. The Morgan fingerprint density at radius 1 is 1.50 bits per heavy atom. The van der Waals surface area contributed by atoms with E-state index in [1.807, 2.05) is 6.07 Å². The van der Waals surface area contributed by atoms with Gasteiger partial charge >= 0.3 is 5.97 Å². The van der Waals surface area contributed by atoms with Crippen LogP contribution in [0.15, 0.2) is 18.3 Å². The average molecular weight is 247 g/mol. The molecule has 1 rings (SSSR count). The zero-order valence-corrected chi connectivity index (χ0v) is 9.96. The second-order valence-corrected chi connectivity index (χ2v) is 3.57. The molecule has 0 fully saturated rings. The van der Waals surface area contributed by atoms with Crippen LogP contribution in [0, 0.1) is 11.3 Å². The highest BCUT2D eigenvalue weighted by Gasteiger charge is 2.16. The molecule has 0 spiro atoms. The summed E-state index contributed by atoms with van der Waals surface area (Å²) in [5.74, 6) is -1.28. The Morgan fingerprint density at radius 2 is 2.22 bits per heavy atom. The summed E-state index contributed by atoms with van der Waals surface area (Å²) >= 11 is 0. The van der Waals surface area contributed by atoms with Crippen LogP contribution in [0.5, 0.6) is 0 Å². The molecule has 94 valence electrons. The van der Waals surface area contributed by atoms with Gasteiger partial charge < -0.3 is 10.0 Å². The van der Waals surface area contributed by atoms with Gasteiger partial charge in [0.25, 0.3) is 5.91 Å². The molecular formula is C12H13N3O3. The topological polar surface area (TPSA) is 94.3 Å². The largest absolute Gasteiger partial charge is 0.481 e. The van der Waals surface area contributed by atoms with E-state index in [0.717, 1.165) is 0 Å². The van der Waals surface area contributed by atoms with Crippen molar-refractivity contribution in [2.45, 2.75) is 13.3 Å². The van der Waals surface area contributed by atoms with Crippen molar-refractivity contribution in [2.75, 3.05) is 13.1 Å². The maximum atomic E-state index is 12.0. The summed E-state index contributed by atoms with van der Waals surface area (Å²) in [7, 11) is 0. The lowest BCUT2D eigenvalue weighted by molar-refractivity contribution is -0.137. The predicted molar refractivity (Wildman–Crippen MR) is 62.8 cm³/mol. The Balaban J connectivity index is 2.76. The molecule has 0 aliphatic rings. The maximum Gasteiger partial charge on any atom is 0.305 e. The Kier molecular flexibility index (Phi) is 4.81. The summed E-state index contributed by atoms with van der Waals surface area (Å²) in [5, 5.41) is 17.2. The summed E-state index contributed by atoms with van der Waals surface area (Å²) in [4.78, 5) is 27.7. The van der Waals surface area contributed by atoms with Crippen LogP contribution in [0.1, 0.15) is 29.4 Å². The number of aromatic nitrogens is 1. The van der Waals surface area contributed by atoms with Crippen molar-refractivity contribution >= 4 is 11.9 Å². The molecule has 18 heavy (non-hydrogen) atoms.